The van der Waals surface area contributed by atoms with Gasteiger partial charge in [-0.15, -0.1) is 0 Å². The second-order valence-electron chi connectivity index (χ2n) is 5.45. The molecule has 0 spiro atoms. The van der Waals surface area contributed by atoms with Crippen LogP contribution in [0.1, 0.15) is 0 Å². The van der Waals surface area contributed by atoms with Crippen molar-refractivity contribution >= 4 is 5.95 Å². The molecule has 0 radical (unpaired) electrons. The molecule has 7 nitrogen and oxygen atoms in total. The molecule has 0 saturated carbocycles. The fourth-order valence-electron chi connectivity index (χ4n) is 2.70. The van der Waals surface area contributed by atoms with Crippen LogP contribution in [0.15, 0.2) is 35.4 Å². The molecule has 3 heterocycles. The molecule has 0 N–H and O–H groups in total. The smallest absolute Gasteiger partial charge is 0.255 e. The van der Waals surface area contributed by atoms with E-state index in [4.69, 9.17) is 14.5 Å². The van der Waals surface area contributed by atoms with Crippen LogP contribution in [0.25, 0.3) is 11.3 Å². The molecule has 1 atom stereocenters. The summed E-state index contributed by atoms with van der Waals surface area (Å²) in [5, 5.41) is 0. The highest BCUT2D eigenvalue weighted by atomic mass is 16.5. The molecule has 1 saturated heterocycles. The minimum Gasteiger partial charge on any atom is -0.382 e. The zero-order chi connectivity index (χ0) is 16.2. The Bertz CT molecular complexity index is 715. The molecule has 7 heteroatoms. The molecule has 0 aromatic carbocycles. The van der Waals surface area contributed by atoms with Crippen LogP contribution in [0.4, 0.5) is 5.95 Å². The lowest BCUT2D eigenvalue weighted by Gasteiger charge is -2.36. The van der Waals surface area contributed by atoms with Crippen LogP contribution in [-0.4, -0.2) is 54.1 Å². The number of morpholine rings is 1. The van der Waals surface area contributed by atoms with E-state index in [1.54, 1.807) is 37.2 Å². The highest BCUT2D eigenvalue weighted by molar-refractivity contribution is 5.59. The van der Waals surface area contributed by atoms with Gasteiger partial charge in [-0.2, -0.15) is 0 Å². The van der Waals surface area contributed by atoms with E-state index < -0.39 is 0 Å². The van der Waals surface area contributed by atoms with Crippen LogP contribution < -0.4 is 10.5 Å². The number of hydrogen-bond acceptors (Lipinski definition) is 6. The number of nitrogens with zero attached hydrogens (tertiary/aromatic N) is 4. The Labute approximate surface area is 134 Å². The molecule has 1 unspecified atom stereocenters. The Kier molecular flexibility index (Phi) is 4.68. The van der Waals surface area contributed by atoms with Crippen LogP contribution in [0.2, 0.25) is 0 Å². The number of anilines is 1. The molecule has 3 rings (SSSR count). The van der Waals surface area contributed by atoms with Crippen LogP contribution in [0, 0.1) is 0 Å². The molecule has 1 aliphatic rings. The Balaban J connectivity index is 2.04. The summed E-state index contributed by atoms with van der Waals surface area (Å²) in [5.41, 5.74) is 1.42. The number of pyridine rings is 1. The summed E-state index contributed by atoms with van der Waals surface area (Å²) in [4.78, 5) is 23.2. The monoisotopic (exact) mass is 316 g/mol. The summed E-state index contributed by atoms with van der Waals surface area (Å²) in [6, 6.07) is 5.28. The molecule has 0 aliphatic carbocycles. The number of rotatable bonds is 4. The Morgan fingerprint density at radius 1 is 1.39 bits per heavy atom. The van der Waals surface area contributed by atoms with E-state index in [1.807, 2.05) is 12.1 Å². The summed E-state index contributed by atoms with van der Waals surface area (Å²) in [5.74, 6) is 0.634. The van der Waals surface area contributed by atoms with Crippen LogP contribution in [0.3, 0.4) is 0 Å². The van der Waals surface area contributed by atoms with Crippen LogP contribution >= 0.6 is 0 Å². The lowest BCUT2D eigenvalue weighted by Crippen LogP contribution is -2.50. The maximum absolute atomic E-state index is 12.4. The largest absolute Gasteiger partial charge is 0.382 e. The van der Waals surface area contributed by atoms with Crippen molar-refractivity contribution in [2.45, 2.75) is 6.04 Å². The van der Waals surface area contributed by atoms with E-state index >= 15 is 0 Å². The van der Waals surface area contributed by atoms with E-state index in [1.165, 1.54) is 0 Å². The van der Waals surface area contributed by atoms with E-state index in [-0.39, 0.29) is 11.6 Å². The topological polar surface area (TPSA) is 69.5 Å². The van der Waals surface area contributed by atoms with E-state index in [9.17, 15) is 4.79 Å². The van der Waals surface area contributed by atoms with Crippen molar-refractivity contribution in [3.8, 4) is 11.3 Å². The van der Waals surface area contributed by atoms with E-state index in [0.717, 1.165) is 5.56 Å². The third-order valence-corrected chi connectivity index (χ3v) is 3.93. The molecule has 2 aromatic heterocycles. The predicted molar refractivity (Wildman–Crippen MR) is 86.5 cm³/mol. The third-order valence-electron chi connectivity index (χ3n) is 3.93. The second kappa shape index (κ2) is 6.89. The van der Waals surface area contributed by atoms with Crippen LogP contribution in [-0.2, 0) is 16.5 Å². The highest BCUT2D eigenvalue weighted by Crippen LogP contribution is 2.20. The molecule has 23 heavy (non-hydrogen) atoms. The van der Waals surface area contributed by atoms with Crippen molar-refractivity contribution in [3.63, 3.8) is 0 Å². The van der Waals surface area contributed by atoms with E-state index in [2.05, 4.69) is 9.88 Å². The zero-order valence-corrected chi connectivity index (χ0v) is 13.3. The quantitative estimate of drug-likeness (QED) is 0.827. The summed E-state index contributed by atoms with van der Waals surface area (Å²) >= 11 is 0. The first kappa shape index (κ1) is 15.6. The molecule has 0 bridgehead atoms. The first-order chi connectivity index (χ1) is 11.2. The van der Waals surface area contributed by atoms with Gasteiger partial charge in [0, 0.05) is 44.7 Å². The van der Waals surface area contributed by atoms with Gasteiger partial charge in [0.2, 0.25) is 5.95 Å². The van der Waals surface area contributed by atoms with Crippen molar-refractivity contribution in [3.05, 3.63) is 40.9 Å². The number of hydrogen-bond donors (Lipinski definition) is 0. The van der Waals surface area contributed by atoms with Crippen molar-refractivity contribution in [2.24, 2.45) is 7.05 Å². The Hall–Kier alpha value is -2.25. The Morgan fingerprint density at radius 3 is 2.91 bits per heavy atom. The van der Waals surface area contributed by atoms with Gasteiger partial charge in [0.05, 0.1) is 31.6 Å². The molecule has 1 aliphatic heterocycles. The Morgan fingerprint density at radius 2 is 2.17 bits per heavy atom. The standard InChI is InChI=1S/C16H20N4O3/c1-19-15(21)9-14(12-3-5-17-6-4-12)18-16(19)20-7-8-23-11-13(20)10-22-2/h3-6,9,13H,7-8,10-11H2,1-2H3. The normalized spacial score (nSPS) is 18.2. The first-order valence-corrected chi connectivity index (χ1v) is 7.52. The van der Waals surface area contributed by atoms with Gasteiger partial charge >= 0.3 is 0 Å². The summed E-state index contributed by atoms with van der Waals surface area (Å²) in [6.45, 7) is 2.36. The third kappa shape index (κ3) is 3.25. The lowest BCUT2D eigenvalue weighted by molar-refractivity contribution is 0.0590. The number of ether oxygens (including phenoxy) is 2. The van der Waals surface area contributed by atoms with Gasteiger partial charge < -0.3 is 14.4 Å². The van der Waals surface area contributed by atoms with Gasteiger partial charge in [-0.3, -0.25) is 14.3 Å². The molecule has 1 fully saturated rings. The van der Waals surface area contributed by atoms with Gasteiger partial charge in [0.1, 0.15) is 0 Å². The minimum atomic E-state index is -0.0931. The first-order valence-electron chi connectivity index (χ1n) is 7.52. The SMILES string of the molecule is COCC1COCCN1c1nc(-c2ccncc2)cc(=O)n1C. The lowest BCUT2D eigenvalue weighted by atomic mass is 10.2. The maximum Gasteiger partial charge on any atom is 0.255 e. The van der Waals surface area contributed by atoms with Gasteiger partial charge in [-0.25, -0.2) is 4.98 Å². The van der Waals surface area contributed by atoms with E-state index in [0.29, 0.717) is 38.0 Å². The predicted octanol–water partition coefficient (Wildman–Crippen LogP) is 0.694. The van der Waals surface area contributed by atoms with Crippen molar-refractivity contribution in [1.29, 1.82) is 0 Å². The average Bonchev–Trinajstić information content (AvgIpc) is 2.59. The van der Waals surface area contributed by atoms with Gasteiger partial charge in [-0.05, 0) is 12.1 Å². The highest BCUT2D eigenvalue weighted by Gasteiger charge is 2.26. The van der Waals surface area contributed by atoms with Gasteiger partial charge in [0.25, 0.3) is 5.56 Å². The van der Waals surface area contributed by atoms with Crippen molar-refractivity contribution in [1.82, 2.24) is 14.5 Å². The summed E-state index contributed by atoms with van der Waals surface area (Å²) < 4.78 is 12.4. The summed E-state index contributed by atoms with van der Waals surface area (Å²) in [6.07, 6.45) is 3.38. The molecule has 2 aromatic rings. The molecular weight excluding hydrogens is 296 g/mol. The minimum absolute atomic E-state index is 0.0412. The van der Waals surface area contributed by atoms with Crippen LogP contribution in [0.5, 0.6) is 0 Å². The van der Waals surface area contributed by atoms with Gasteiger partial charge in [-0.1, -0.05) is 0 Å². The number of methoxy groups -OCH3 is 1. The van der Waals surface area contributed by atoms with Gasteiger partial charge in [0.15, 0.2) is 0 Å². The zero-order valence-electron chi connectivity index (χ0n) is 13.3. The summed E-state index contributed by atoms with van der Waals surface area (Å²) in [7, 11) is 3.40. The average molecular weight is 316 g/mol. The fraction of sp³-hybridized carbons (Fsp3) is 0.438. The fourth-order valence-corrected chi connectivity index (χ4v) is 2.70. The number of aromatic nitrogens is 3. The molecular formula is C16H20N4O3. The molecule has 122 valence electrons. The maximum atomic E-state index is 12.4. The van der Waals surface area contributed by atoms with Crippen molar-refractivity contribution in [2.75, 3.05) is 38.4 Å². The second-order valence-corrected chi connectivity index (χ2v) is 5.45. The van der Waals surface area contributed by atoms with Crippen molar-refractivity contribution < 1.29 is 9.47 Å². The molecule has 0 amide bonds.